The molecule has 1 aliphatic rings. The van der Waals surface area contributed by atoms with Gasteiger partial charge < -0.3 is 20.5 Å². The quantitative estimate of drug-likeness (QED) is 0.290. The van der Waals surface area contributed by atoms with E-state index in [1.54, 1.807) is 23.6 Å². The topological polar surface area (TPSA) is 121 Å². The van der Waals surface area contributed by atoms with Gasteiger partial charge in [-0.25, -0.2) is 17.1 Å². The molecular formula is C28H31FN4O4S. The molecule has 4 N–H and O–H groups in total. The van der Waals surface area contributed by atoms with Gasteiger partial charge in [-0.1, -0.05) is 0 Å². The first-order valence-corrected chi connectivity index (χ1v) is 14.3. The molecule has 3 heterocycles. The molecule has 0 saturated carbocycles. The highest BCUT2D eigenvalue weighted by Gasteiger charge is 2.29. The lowest BCUT2D eigenvalue weighted by molar-refractivity contribution is 0.100. The summed E-state index contributed by atoms with van der Waals surface area (Å²) in [6.45, 7) is 3.51. The Bertz CT molecular complexity index is 1560. The van der Waals surface area contributed by atoms with Gasteiger partial charge in [-0.15, -0.1) is 0 Å². The third kappa shape index (κ3) is 5.38. The molecule has 0 radical (unpaired) electrons. The highest BCUT2D eigenvalue weighted by molar-refractivity contribution is 7.89. The molecule has 0 spiro atoms. The lowest BCUT2D eigenvalue weighted by Crippen LogP contribution is -2.38. The van der Waals surface area contributed by atoms with Crippen LogP contribution in [-0.4, -0.2) is 42.5 Å². The molecule has 1 amide bonds. The normalized spacial score (nSPS) is 15.3. The number of fused-ring (bicyclic) bond motifs is 1. The van der Waals surface area contributed by atoms with Gasteiger partial charge in [-0.3, -0.25) is 4.79 Å². The number of aromatic nitrogens is 1. The summed E-state index contributed by atoms with van der Waals surface area (Å²) < 4.78 is 46.1. The van der Waals surface area contributed by atoms with Gasteiger partial charge in [0.25, 0.3) is 5.91 Å². The largest absolute Gasteiger partial charge is 0.468 e. The molecular weight excluding hydrogens is 507 g/mol. The Hall–Kier alpha value is -3.47. The van der Waals surface area contributed by atoms with Crippen LogP contribution in [0.5, 0.6) is 0 Å². The maximum Gasteiger partial charge on any atom is 0.250 e. The van der Waals surface area contributed by atoms with Gasteiger partial charge in [0, 0.05) is 31.2 Å². The van der Waals surface area contributed by atoms with Crippen LogP contribution >= 0.6 is 0 Å². The third-order valence-corrected chi connectivity index (χ3v) is 9.12. The van der Waals surface area contributed by atoms with Crippen LogP contribution in [0.25, 0.3) is 22.0 Å². The molecule has 4 aromatic rings. The fourth-order valence-electron chi connectivity index (χ4n) is 5.24. The summed E-state index contributed by atoms with van der Waals surface area (Å²) >= 11 is 0. The van der Waals surface area contributed by atoms with Crippen LogP contribution in [0, 0.1) is 5.82 Å². The molecule has 1 fully saturated rings. The number of aromatic amines is 1. The fraction of sp³-hybridized carbons (Fsp3) is 0.321. The van der Waals surface area contributed by atoms with Crippen LogP contribution in [-0.2, 0) is 23.1 Å². The molecule has 1 saturated heterocycles. The minimum absolute atomic E-state index is 0.0874. The van der Waals surface area contributed by atoms with Gasteiger partial charge in [-0.2, -0.15) is 0 Å². The van der Waals surface area contributed by atoms with Crippen molar-refractivity contribution < 1.29 is 22.0 Å². The maximum atomic E-state index is 14.7. The molecule has 2 aromatic heterocycles. The summed E-state index contributed by atoms with van der Waals surface area (Å²) in [7, 11) is -3.23. The number of benzene rings is 2. The number of H-pyrrole nitrogens is 1. The fourth-order valence-corrected chi connectivity index (χ4v) is 6.37. The molecule has 38 heavy (non-hydrogen) atoms. The Morgan fingerprint density at radius 3 is 2.61 bits per heavy atom. The van der Waals surface area contributed by atoms with Crippen molar-refractivity contribution in [1.29, 1.82) is 0 Å². The summed E-state index contributed by atoms with van der Waals surface area (Å²) in [5.74, 6) is 0.0419. The first kappa shape index (κ1) is 26.1. The summed E-state index contributed by atoms with van der Waals surface area (Å²) in [5, 5.41) is 4.09. The van der Waals surface area contributed by atoms with Gasteiger partial charge in [0.1, 0.15) is 11.6 Å². The summed E-state index contributed by atoms with van der Waals surface area (Å²) in [4.78, 5) is 15.6. The zero-order valence-corrected chi connectivity index (χ0v) is 22.0. The van der Waals surface area contributed by atoms with E-state index >= 15 is 0 Å². The second-order valence-electron chi connectivity index (χ2n) is 9.66. The van der Waals surface area contributed by atoms with Crippen LogP contribution in [0.2, 0.25) is 0 Å². The molecule has 0 bridgehead atoms. The molecule has 200 valence electrons. The number of piperidine rings is 1. The number of furan rings is 1. The average Bonchev–Trinajstić information content (AvgIpc) is 3.58. The number of amides is 1. The van der Waals surface area contributed by atoms with Crippen LogP contribution in [0.15, 0.2) is 59.3 Å². The minimum Gasteiger partial charge on any atom is -0.468 e. The number of nitrogens with one attached hydrogen (secondary N) is 2. The molecule has 1 aliphatic heterocycles. The first-order chi connectivity index (χ1) is 18.2. The van der Waals surface area contributed by atoms with E-state index in [0.29, 0.717) is 61.2 Å². The molecule has 8 nitrogen and oxygen atoms in total. The number of nitrogens with zero attached hydrogens (tertiary/aromatic N) is 1. The molecule has 2 aromatic carbocycles. The number of nitrogens with two attached hydrogens (primary N) is 1. The number of carbonyl (C=O) groups is 1. The van der Waals surface area contributed by atoms with Crippen molar-refractivity contribution in [2.75, 3.05) is 18.8 Å². The van der Waals surface area contributed by atoms with Crippen molar-refractivity contribution in [3.05, 3.63) is 83.2 Å². The van der Waals surface area contributed by atoms with Crippen molar-refractivity contribution in [2.24, 2.45) is 5.73 Å². The van der Waals surface area contributed by atoms with E-state index < -0.39 is 15.9 Å². The van der Waals surface area contributed by atoms with Crippen molar-refractivity contribution in [3.63, 3.8) is 0 Å². The maximum absolute atomic E-state index is 14.7. The number of halogens is 1. The smallest absolute Gasteiger partial charge is 0.250 e. The standard InChI is InChI=1S/C28H31FN4O4S/c1-2-38(35,36)33-7-5-19(6-8-33)26-17-32-27-24(26)13-21(14-25(27)28(30)34)20-10-18(11-22(29)12-20)15-31-16-23-4-3-9-37-23/h3-4,9-14,17,19,31-32H,2,5-8,15-16H2,1H3,(H2,30,34). The molecule has 10 heteroatoms. The second-order valence-corrected chi connectivity index (χ2v) is 11.9. The minimum atomic E-state index is -3.23. The van der Waals surface area contributed by atoms with Crippen LogP contribution < -0.4 is 11.1 Å². The summed E-state index contributed by atoms with van der Waals surface area (Å²) in [6.07, 6.45) is 4.84. The van der Waals surface area contributed by atoms with Crippen LogP contribution in [0.4, 0.5) is 4.39 Å². The predicted octanol–water partition coefficient (Wildman–Crippen LogP) is 4.48. The van der Waals surface area contributed by atoms with Crippen molar-refractivity contribution in [2.45, 2.75) is 38.8 Å². The van der Waals surface area contributed by atoms with E-state index in [1.807, 2.05) is 30.5 Å². The lowest BCUT2D eigenvalue weighted by Gasteiger charge is -2.31. The Morgan fingerprint density at radius 2 is 1.92 bits per heavy atom. The van der Waals surface area contributed by atoms with Crippen molar-refractivity contribution in [3.8, 4) is 11.1 Å². The highest BCUT2D eigenvalue weighted by atomic mass is 32.2. The number of rotatable bonds is 9. The number of primary amides is 1. The zero-order chi connectivity index (χ0) is 26.9. The number of carbonyl (C=O) groups excluding carboxylic acids is 1. The van der Waals surface area contributed by atoms with E-state index in [9.17, 15) is 17.6 Å². The number of hydrogen-bond donors (Lipinski definition) is 3. The SMILES string of the molecule is CCS(=O)(=O)N1CCC(c2c[nH]c3c(C(N)=O)cc(-c4cc(F)cc(CNCc5ccco5)c4)cc23)CC1. The molecule has 0 unspecified atom stereocenters. The van der Waals surface area contributed by atoms with Crippen molar-refractivity contribution in [1.82, 2.24) is 14.6 Å². The first-order valence-electron chi connectivity index (χ1n) is 12.7. The zero-order valence-electron chi connectivity index (χ0n) is 21.2. The van der Waals surface area contributed by atoms with Crippen LogP contribution in [0.1, 0.15) is 52.9 Å². The Labute approximate surface area is 221 Å². The molecule has 0 atom stereocenters. The van der Waals surface area contributed by atoms with Gasteiger partial charge in [0.2, 0.25) is 10.0 Å². The van der Waals surface area contributed by atoms with Gasteiger partial charge in [-0.05, 0) is 90.4 Å². The lowest BCUT2D eigenvalue weighted by atomic mass is 9.88. The molecule has 5 rings (SSSR count). The van der Waals surface area contributed by atoms with Gasteiger partial charge >= 0.3 is 0 Å². The summed E-state index contributed by atoms with van der Waals surface area (Å²) in [5.41, 5.74) is 9.80. The predicted molar refractivity (Wildman–Crippen MR) is 144 cm³/mol. The number of hydrogen-bond acceptors (Lipinski definition) is 5. The Kier molecular flexibility index (Phi) is 7.38. The van der Waals surface area contributed by atoms with Gasteiger partial charge in [0.15, 0.2) is 0 Å². The average molecular weight is 539 g/mol. The van der Waals surface area contributed by atoms with Crippen LogP contribution in [0.3, 0.4) is 0 Å². The van der Waals surface area contributed by atoms with E-state index in [1.165, 1.54) is 12.1 Å². The van der Waals surface area contributed by atoms with E-state index in [4.69, 9.17) is 10.2 Å². The Balaban J connectivity index is 1.45. The van der Waals surface area contributed by atoms with Crippen molar-refractivity contribution >= 4 is 26.8 Å². The van der Waals surface area contributed by atoms with E-state index in [-0.39, 0.29) is 17.5 Å². The monoisotopic (exact) mass is 538 g/mol. The number of sulfonamides is 1. The van der Waals surface area contributed by atoms with E-state index in [0.717, 1.165) is 22.3 Å². The Morgan fingerprint density at radius 1 is 1.16 bits per heavy atom. The third-order valence-electron chi connectivity index (χ3n) is 7.24. The highest BCUT2D eigenvalue weighted by Crippen LogP contribution is 2.37. The molecule has 0 aliphatic carbocycles. The van der Waals surface area contributed by atoms with Gasteiger partial charge in [0.05, 0.1) is 29.6 Å². The second kappa shape index (κ2) is 10.7. The van der Waals surface area contributed by atoms with E-state index in [2.05, 4.69) is 10.3 Å². The summed E-state index contributed by atoms with van der Waals surface area (Å²) in [6, 6.07) is 12.1.